The van der Waals surface area contributed by atoms with E-state index in [1.54, 1.807) is 23.1 Å². The van der Waals surface area contributed by atoms with E-state index >= 15 is 0 Å². The summed E-state index contributed by atoms with van der Waals surface area (Å²) in [6.07, 6.45) is 2.35. The molecular formula is C24H22ClFN6O2. The van der Waals surface area contributed by atoms with Crippen molar-refractivity contribution in [3.05, 3.63) is 65.1 Å². The molecule has 0 atom stereocenters. The quantitative estimate of drug-likeness (QED) is 0.558. The van der Waals surface area contributed by atoms with E-state index in [4.69, 9.17) is 17.3 Å². The van der Waals surface area contributed by atoms with Crippen molar-refractivity contribution in [2.75, 3.05) is 29.9 Å². The third-order valence-electron chi connectivity index (χ3n) is 6.02. The Labute approximate surface area is 200 Å². The van der Waals surface area contributed by atoms with E-state index in [9.17, 15) is 14.0 Å². The maximum atomic E-state index is 14.4. The van der Waals surface area contributed by atoms with Crippen molar-refractivity contribution < 1.29 is 14.0 Å². The third kappa shape index (κ3) is 4.44. The Morgan fingerprint density at radius 2 is 1.88 bits per heavy atom. The maximum Gasteiger partial charge on any atom is 0.271 e. The smallest absolute Gasteiger partial charge is 0.271 e. The molecule has 2 fully saturated rings. The van der Waals surface area contributed by atoms with Crippen LogP contribution >= 0.6 is 11.6 Å². The Morgan fingerprint density at radius 3 is 2.53 bits per heavy atom. The molecule has 1 saturated carbocycles. The number of amides is 2. The second-order valence-electron chi connectivity index (χ2n) is 8.37. The zero-order valence-electron chi connectivity index (χ0n) is 18.2. The Morgan fingerprint density at radius 1 is 1.12 bits per heavy atom. The second kappa shape index (κ2) is 9.00. The van der Waals surface area contributed by atoms with Gasteiger partial charge < -0.3 is 16.0 Å². The highest BCUT2D eigenvalue weighted by molar-refractivity contribution is 6.33. The number of carbonyl (C=O) groups excluding carboxylic acids is 2. The fourth-order valence-corrected chi connectivity index (χ4v) is 4.39. The first kappa shape index (κ1) is 22.2. The topological polar surface area (TPSA) is 104 Å². The molecule has 174 valence electrons. The van der Waals surface area contributed by atoms with Crippen molar-refractivity contribution in [2.45, 2.75) is 18.9 Å². The molecule has 1 aliphatic carbocycles. The van der Waals surface area contributed by atoms with Crippen molar-refractivity contribution >= 4 is 40.5 Å². The molecule has 0 spiro atoms. The van der Waals surface area contributed by atoms with Gasteiger partial charge in [0.15, 0.2) is 5.69 Å². The average molecular weight is 481 g/mol. The molecule has 0 bridgehead atoms. The fourth-order valence-electron chi connectivity index (χ4n) is 4.13. The number of anilines is 3. The van der Waals surface area contributed by atoms with Crippen LogP contribution in [0.1, 0.15) is 23.3 Å². The number of piperazine rings is 1. The van der Waals surface area contributed by atoms with E-state index < -0.39 is 11.7 Å². The number of primary amides is 1. The molecule has 8 nitrogen and oxygen atoms in total. The first-order chi connectivity index (χ1) is 16.4. The van der Waals surface area contributed by atoms with E-state index in [0.29, 0.717) is 24.8 Å². The van der Waals surface area contributed by atoms with Gasteiger partial charge in [0.25, 0.3) is 5.91 Å². The predicted molar refractivity (Wildman–Crippen MR) is 128 cm³/mol. The average Bonchev–Trinajstić information content (AvgIpc) is 3.65. The van der Waals surface area contributed by atoms with Crippen LogP contribution in [0.2, 0.25) is 5.02 Å². The van der Waals surface area contributed by atoms with Gasteiger partial charge in [-0.05, 0) is 55.3 Å². The monoisotopic (exact) mass is 480 g/mol. The van der Waals surface area contributed by atoms with E-state index in [1.807, 2.05) is 12.1 Å². The molecule has 3 aromatic rings. The second-order valence-corrected chi connectivity index (χ2v) is 8.78. The first-order valence-corrected chi connectivity index (χ1v) is 11.3. The Balaban J connectivity index is 1.38. The van der Waals surface area contributed by atoms with Gasteiger partial charge in [0.05, 0.1) is 28.5 Å². The Bertz CT molecular complexity index is 1240. The molecule has 1 aliphatic heterocycles. The molecule has 0 unspecified atom stereocenters. The molecule has 0 radical (unpaired) electrons. The Hall–Kier alpha value is -3.56. The lowest BCUT2D eigenvalue weighted by molar-refractivity contribution is -0.121. The number of carbonyl (C=O) groups is 2. The zero-order valence-corrected chi connectivity index (χ0v) is 18.9. The first-order valence-electron chi connectivity index (χ1n) is 10.9. The summed E-state index contributed by atoms with van der Waals surface area (Å²) in [5.74, 6) is -1.26. The van der Waals surface area contributed by atoms with Gasteiger partial charge in [0, 0.05) is 30.5 Å². The normalized spacial score (nSPS) is 16.5. The molecular weight excluding hydrogens is 459 g/mol. The summed E-state index contributed by atoms with van der Waals surface area (Å²) in [5.41, 5.74) is 7.30. The number of aromatic nitrogens is 2. The summed E-state index contributed by atoms with van der Waals surface area (Å²) in [6.45, 7) is 1.95. The number of hydrogen-bond acceptors (Lipinski definition) is 6. The van der Waals surface area contributed by atoms with Crippen molar-refractivity contribution in [1.82, 2.24) is 15.1 Å². The minimum atomic E-state index is -0.781. The molecule has 5 rings (SSSR count). The SMILES string of the molecule is NC(=O)c1nnc(-c2c(F)cccc2Cl)cc1Nc1ccc(N2CCN(C3CC3)CC2=O)cc1. The molecule has 2 aromatic carbocycles. The predicted octanol–water partition coefficient (Wildman–Crippen LogP) is 3.59. The third-order valence-corrected chi connectivity index (χ3v) is 6.33. The van der Waals surface area contributed by atoms with Gasteiger partial charge in [-0.15, -0.1) is 10.2 Å². The van der Waals surface area contributed by atoms with Crippen molar-refractivity contribution in [1.29, 1.82) is 0 Å². The van der Waals surface area contributed by atoms with Gasteiger partial charge in [-0.3, -0.25) is 14.5 Å². The number of benzene rings is 2. The van der Waals surface area contributed by atoms with E-state index in [-0.39, 0.29) is 33.6 Å². The zero-order chi connectivity index (χ0) is 23.8. The number of halogens is 2. The highest BCUT2D eigenvalue weighted by atomic mass is 35.5. The van der Waals surface area contributed by atoms with Crippen molar-refractivity contribution in [3.8, 4) is 11.3 Å². The van der Waals surface area contributed by atoms with E-state index in [2.05, 4.69) is 20.4 Å². The van der Waals surface area contributed by atoms with Crippen LogP contribution in [-0.4, -0.2) is 52.6 Å². The highest BCUT2D eigenvalue weighted by Crippen LogP contribution is 2.32. The lowest BCUT2D eigenvalue weighted by Crippen LogP contribution is -2.51. The number of nitrogens with one attached hydrogen (secondary N) is 1. The molecule has 2 aliphatic rings. The number of rotatable bonds is 6. The molecule has 2 amide bonds. The van der Waals surface area contributed by atoms with Gasteiger partial charge in [0.1, 0.15) is 5.82 Å². The number of hydrogen-bond donors (Lipinski definition) is 2. The van der Waals surface area contributed by atoms with Gasteiger partial charge in [0.2, 0.25) is 5.91 Å². The molecule has 3 N–H and O–H groups in total. The highest BCUT2D eigenvalue weighted by Gasteiger charge is 2.34. The Kier molecular flexibility index (Phi) is 5.89. The van der Waals surface area contributed by atoms with E-state index in [0.717, 1.165) is 12.2 Å². The minimum Gasteiger partial charge on any atom is -0.364 e. The summed E-state index contributed by atoms with van der Waals surface area (Å²) in [6, 6.07) is 13.6. The molecule has 10 heteroatoms. The summed E-state index contributed by atoms with van der Waals surface area (Å²) in [4.78, 5) is 28.5. The minimum absolute atomic E-state index is 0.0786. The van der Waals surface area contributed by atoms with Crippen LogP contribution in [0.25, 0.3) is 11.3 Å². The summed E-state index contributed by atoms with van der Waals surface area (Å²) in [5, 5.41) is 11.1. The summed E-state index contributed by atoms with van der Waals surface area (Å²) in [7, 11) is 0. The van der Waals surface area contributed by atoms with Gasteiger partial charge in [-0.2, -0.15) is 0 Å². The van der Waals surface area contributed by atoms with Crippen LogP contribution in [0.15, 0.2) is 48.5 Å². The lowest BCUT2D eigenvalue weighted by Gasteiger charge is -2.34. The van der Waals surface area contributed by atoms with Gasteiger partial charge in [-0.25, -0.2) is 4.39 Å². The number of nitrogens with zero attached hydrogens (tertiary/aromatic N) is 4. The molecule has 34 heavy (non-hydrogen) atoms. The summed E-state index contributed by atoms with van der Waals surface area (Å²) >= 11 is 6.16. The largest absolute Gasteiger partial charge is 0.364 e. The standard InChI is InChI=1S/C24H22ClFN6O2/c25-17-2-1-3-18(26)22(17)19-12-20(23(24(27)34)30-29-19)28-14-4-6-16(7-5-14)32-11-10-31(13-21(32)33)15-8-9-15/h1-7,12,15H,8-11,13H2,(H2,27,34)(H,28,29). The van der Waals surface area contributed by atoms with E-state index in [1.165, 1.54) is 31.0 Å². The summed E-state index contributed by atoms with van der Waals surface area (Å²) < 4.78 is 14.4. The van der Waals surface area contributed by atoms with Crippen molar-refractivity contribution in [2.24, 2.45) is 5.73 Å². The number of nitrogens with two attached hydrogens (primary N) is 1. The van der Waals surface area contributed by atoms with Crippen LogP contribution in [-0.2, 0) is 4.79 Å². The molecule has 1 saturated heterocycles. The maximum absolute atomic E-state index is 14.4. The van der Waals surface area contributed by atoms with Crippen molar-refractivity contribution in [3.63, 3.8) is 0 Å². The molecule has 2 heterocycles. The molecule has 1 aromatic heterocycles. The van der Waals surface area contributed by atoms with Crippen LogP contribution in [0.3, 0.4) is 0 Å². The fraction of sp³-hybridized carbons (Fsp3) is 0.250. The van der Waals surface area contributed by atoms with Gasteiger partial charge >= 0.3 is 0 Å². The van der Waals surface area contributed by atoms with Crippen LogP contribution in [0, 0.1) is 5.82 Å². The van der Waals surface area contributed by atoms with Crippen LogP contribution < -0.4 is 16.0 Å². The van der Waals surface area contributed by atoms with Crippen LogP contribution in [0.5, 0.6) is 0 Å². The van der Waals surface area contributed by atoms with Gasteiger partial charge in [-0.1, -0.05) is 17.7 Å². The lowest BCUT2D eigenvalue weighted by atomic mass is 10.1. The van der Waals surface area contributed by atoms with Crippen LogP contribution in [0.4, 0.5) is 21.5 Å².